The number of hydrogen-bond donors (Lipinski definition) is 3. The normalized spacial score (nSPS) is 39.8. The molecule has 0 spiro atoms. The lowest BCUT2D eigenvalue weighted by Gasteiger charge is -2.23. The number of rotatable bonds is 0. The number of thiol groups is 1. The summed E-state index contributed by atoms with van der Waals surface area (Å²) in [6, 6.07) is 0. The van der Waals surface area contributed by atoms with E-state index in [1.54, 1.807) is 0 Å². The first-order valence-corrected chi connectivity index (χ1v) is 3.47. The van der Waals surface area contributed by atoms with Gasteiger partial charge in [0.15, 0.2) is 0 Å². The second-order valence-electron chi connectivity index (χ2n) is 2.25. The van der Waals surface area contributed by atoms with Crippen LogP contribution in [0.4, 0.5) is 0 Å². The van der Waals surface area contributed by atoms with Crippen LogP contribution in [-0.2, 0) is 0 Å². The minimum absolute atomic E-state index is 0.221. The predicted molar refractivity (Wildman–Crippen MR) is 38.0 cm³/mol. The molecule has 1 fully saturated rings. The summed E-state index contributed by atoms with van der Waals surface area (Å²) in [5.74, 6) is 0. The highest BCUT2D eigenvalue weighted by atomic mass is 32.1. The zero-order valence-electron chi connectivity index (χ0n) is 4.80. The summed E-state index contributed by atoms with van der Waals surface area (Å²) in [6.07, 6.45) is 2.43. The Labute approximate surface area is 55.2 Å². The molecule has 1 aliphatic rings. The molecule has 0 aliphatic carbocycles. The molecule has 0 aromatic heterocycles. The van der Waals surface area contributed by atoms with Crippen molar-refractivity contribution in [2.24, 2.45) is 5.73 Å². The molecule has 2 nitrogen and oxygen atoms in total. The number of hydrogen-bond acceptors (Lipinski definition) is 3. The van der Waals surface area contributed by atoms with E-state index in [-0.39, 0.29) is 6.17 Å². The molecule has 2 atom stereocenters. The van der Waals surface area contributed by atoms with Gasteiger partial charge in [-0.15, -0.1) is 0 Å². The Morgan fingerprint density at radius 2 is 2.25 bits per heavy atom. The van der Waals surface area contributed by atoms with Crippen molar-refractivity contribution in [1.82, 2.24) is 5.32 Å². The van der Waals surface area contributed by atoms with Crippen LogP contribution in [0.3, 0.4) is 0 Å². The third-order valence-corrected chi connectivity index (χ3v) is 1.87. The van der Waals surface area contributed by atoms with Gasteiger partial charge in [-0.2, -0.15) is 12.6 Å². The number of nitrogens with one attached hydrogen (secondary N) is 1. The van der Waals surface area contributed by atoms with Gasteiger partial charge in [0.1, 0.15) is 0 Å². The van der Waals surface area contributed by atoms with Crippen molar-refractivity contribution in [1.29, 1.82) is 0 Å². The molecule has 0 amide bonds. The van der Waals surface area contributed by atoms with E-state index < -0.39 is 0 Å². The summed E-state index contributed by atoms with van der Waals surface area (Å²) >= 11 is 4.28. The van der Waals surface area contributed by atoms with Crippen LogP contribution in [-0.4, -0.2) is 18.0 Å². The quantitative estimate of drug-likeness (QED) is 0.404. The first-order chi connectivity index (χ1) is 3.79. The minimum Gasteiger partial charge on any atom is -0.316 e. The van der Waals surface area contributed by atoms with Crippen molar-refractivity contribution in [3.8, 4) is 0 Å². The summed E-state index contributed by atoms with van der Waals surface area (Å²) in [6.45, 7) is 0.963. The van der Waals surface area contributed by atoms with Crippen LogP contribution in [0.15, 0.2) is 0 Å². The van der Waals surface area contributed by atoms with Crippen LogP contribution < -0.4 is 11.1 Å². The van der Waals surface area contributed by atoms with E-state index >= 15 is 0 Å². The Morgan fingerprint density at radius 1 is 1.50 bits per heavy atom. The maximum Gasteiger partial charge on any atom is 0.0547 e. The van der Waals surface area contributed by atoms with Gasteiger partial charge in [0.05, 0.1) is 6.17 Å². The van der Waals surface area contributed by atoms with Crippen molar-refractivity contribution >= 4 is 12.6 Å². The van der Waals surface area contributed by atoms with Gasteiger partial charge in [-0.05, 0) is 12.8 Å². The summed E-state index contributed by atoms with van der Waals surface area (Å²) < 4.78 is 0. The summed E-state index contributed by atoms with van der Waals surface area (Å²) in [4.78, 5) is 0. The topological polar surface area (TPSA) is 38.0 Å². The molecule has 8 heavy (non-hydrogen) atoms. The third kappa shape index (κ3) is 1.65. The van der Waals surface area contributed by atoms with Crippen molar-refractivity contribution in [3.05, 3.63) is 0 Å². The first-order valence-electron chi connectivity index (χ1n) is 2.96. The van der Waals surface area contributed by atoms with Crippen molar-refractivity contribution in [2.75, 3.05) is 6.54 Å². The van der Waals surface area contributed by atoms with E-state index in [1.807, 2.05) is 0 Å². The van der Waals surface area contributed by atoms with E-state index in [2.05, 4.69) is 17.9 Å². The fraction of sp³-hybridized carbons (Fsp3) is 1.00. The highest BCUT2D eigenvalue weighted by molar-refractivity contribution is 7.81. The van der Waals surface area contributed by atoms with Gasteiger partial charge in [-0.1, -0.05) is 0 Å². The summed E-state index contributed by atoms with van der Waals surface area (Å²) in [7, 11) is 0. The lowest BCUT2D eigenvalue weighted by molar-refractivity contribution is 0.420. The molecule has 48 valence electrons. The van der Waals surface area contributed by atoms with Crippen LogP contribution in [0.25, 0.3) is 0 Å². The molecule has 2 unspecified atom stereocenters. The predicted octanol–water partition coefficient (Wildman–Crippen LogP) is -0.0470. The second-order valence-corrected chi connectivity index (χ2v) is 2.98. The zero-order valence-corrected chi connectivity index (χ0v) is 5.70. The molecule has 3 heteroatoms. The number of nitrogens with two attached hydrogens (primary N) is 1. The molecule has 1 saturated heterocycles. The smallest absolute Gasteiger partial charge is 0.0547 e. The van der Waals surface area contributed by atoms with Crippen molar-refractivity contribution in [3.63, 3.8) is 0 Å². The van der Waals surface area contributed by atoms with Crippen molar-refractivity contribution in [2.45, 2.75) is 24.3 Å². The average molecular weight is 132 g/mol. The molecular weight excluding hydrogens is 120 g/mol. The van der Waals surface area contributed by atoms with Crippen LogP contribution in [0.1, 0.15) is 12.8 Å². The fourth-order valence-corrected chi connectivity index (χ4v) is 1.12. The Hall–Kier alpha value is 0.270. The third-order valence-electron chi connectivity index (χ3n) is 1.43. The van der Waals surface area contributed by atoms with Crippen LogP contribution in [0, 0.1) is 0 Å². The monoisotopic (exact) mass is 132 g/mol. The van der Waals surface area contributed by atoms with Crippen LogP contribution in [0.5, 0.6) is 0 Å². The Morgan fingerprint density at radius 3 is 2.62 bits per heavy atom. The van der Waals surface area contributed by atoms with E-state index in [0.29, 0.717) is 5.25 Å². The Balaban J connectivity index is 2.19. The van der Waals surface area contributed by atoms with E-state index in [9.17, 15) is 0 Å². The Bertz CT molecular complexity index is 58.8. The molecule has 0 saturated carbocycles. The van der Waals surface area contributed by atoms with Gasteiger partial charge in [0, 0.05) is 11.8 Å². The maximum absolute atomic E-state index is 5.55. The van der Waals surface area contributed by atoms with Gasteiger partial charge >= 0.3 is 0 Å². The Kier molecular flexibility index (Phi) is 2.16. The molecule has 1 aliphatic heterocycles. The molecule has 0 bridgehead atoms. The van der Waals surface area contributed by atoms with E-state index in [4.69, 9.17) is 5.73 Å². The van der Waals surface area contributed by atoms with Crippen LogP contribution in [0.2, 0.25) is 0 Å². The highest BCUT2D eigenvalue weighted by Gasteiger charge is 2.12. The summed E-state index contributed by atoms with van der Waals surface area (Å²) in [5, 5.41) is 3.66. The van der Waals surface area contributed by atoms with Gasteiger partial charge in [-0.3, -0.25) is 0 Å². The van der Waals surface area contributed by atoms with E-state index in [0.717, 1.165) is 19.4 Å². The molecule has 1 rings (SSSR count). The standard InChI is InChI=1S/C5H12N2S/c6-5-2-1-4(8)3-7-5/h4-5,7-8H,1-3,6H2. The van der Waals surface area contributed by atoms with Gasteiger partial charge in [-0.25, -0.2) is 0 Å². The molecule has 1 heterocycles. The lowest BCUT2D eigenvalue weighted by Crippen LogP contribution is -2.45. The zero-order chi connectivity index (χ0) is 5.98. The van der Waals surface area contributed by atoms with Crippen LogP contribution >= 0.6 is 12.6 Å². The maximum atomic E-state index is 5.55. The molecule has 0 aromatic carbocycles. The van der Waals surface area contributed by atoms with Gasteiger partial charge < -0.3 is 11.1 Å². The largest absolute Gasteiger partial charge is 0.316 e. The lowest BCUT2D eigenvalue weighted by atomic mass is 10.1. The minimum atomic E-state index is 0.221. The van der Waals surface area contributed by atoms with Crippen molar-refractivity contribution < 1.29 is 0 Å². The molecular formula is C5H12N2S. The fourth-order valence-electron chi connectivity index (χ4n) is 0.863. The molecule has 0 aromatic rings. The highest BCUT2D eigenvalue weighted by Crippen LogP contribution is 2.08. The summed E-state index contributed by atoms with van der Waals surface area (Å²) in [5.41, 5.74) is 5.55. The molecule has 0 radical (unpaired) electrons. The van der Waals surface area contributed by atoms with E-state index in [1.165, 1.54) is 0 Å². The van der Waals surface area contributed by atoms with Gasteiger partial charge in [0.25, 0.3) is 0 Å². The average Bonchev–Trinajstić information content (AvgIpc) is 1.77. The SMILES string of the molecule is NC1CCC(S)CN1. The molecule has 3 N–H and O–H groups in total. The number of piperidine rings is 1. The van der Waals surface area contributed by atoms with Gasteiger partial charge in [0.2, 0.25) is 0 Å². The second kappa shape index (κ2) is 2.71. The first kappa shape index (κ1) is 6.39.